The van der Waals surface area contributed by atoms with Gasteiger partial charge in [-0.2, -0.15) is 0 Å². The zero-order valence-corrected chi connectivity index (χ0v) is 18.6. The molecular weight excluding hydrogens is 412 g/mol. The van der Waals surface area contributed by atoms with Crippen molar-refractivity contribution in [3.05, 3.63) is 83.9 Å². The minimum Gasteiger partial charge on any atom is -0.427 e. The molecule has 0 bridgehead atoms. The highest BCUT2D eigenvalue weighted by Crippen LogP contribution is 2.21. The summed E-state index contributed by atoms with van der Waals surface area (Å²) in [5, 5.41) is 0. The van der Waals surface area contributed by atoms with Gasteiger partial charge in [0.25, 0.3) is 0 Å². The van der Waals surface area contributed by atoms with Gasteiger partial charge in [-0.15, -0.1) is 0 Å². The molecule has 0 aliphatic heterocycles. The monoisotopic (exact) mass is 440 g/mol. The molecule has 0 unspecified atom stereocenters. The lowest BCUT2D eigenvalue weighted by molar-refractivity contribution is -0.153. The van der Waals surface area contributed by atoms with Gasteiger partial charge in [0, 0.05) is 25.0 Å². The van der Waals surface area contributed by atoms with Crippen LogP contribution in [0.5, 0.6) is 0 Å². The first-order valence-electron chi connectivity index (χ1n) is 10.1. The Balaban J connectivity index is 3.29. The number of allylic oxidation sites excluding steroid dienone is 2. The summed E-state index contributed by atoms with van der Waals surface area (Å²) in [5.41, 5.74) is 0.800. The molecule has 32 heavy (non-hydrogen) atoms. The molecule has 0 aliphatic rings. The molecule has 0 aromatic heterocycles. The maximum absolute atomic E-state index is 12.9. The van der Waals surface area contributed by atoms with E-state index in [-0.39, 0.29) is 29.1 Å². The maximum Gasteiger partial charge on any atom is 0.345 e. The predicted molar refractivity (Wildman–Crippen MR) is 119 cm³/mol. The van der Waals surface area contributed by atoms with Crippen LogP contribution < -0.4 is 0 Å². The van der Waals surface area contributed by atoms with Gasteiger partial charge in [-0.3, -0.25) is 0 Å². The van der Waals surface area contributed by atoms with E-state index in [0.717, 1.165) is 24.1 Å². The lowest BCUT2D eigenvalue weighted by Gasteiger charge is -2.15. The van der Waals surface area contributed by atoms with Crippen LogP contribution in [0.15, 0.2) is 78.3 Å². The maximum atomic E-state index is 12.9. The molecule has 0 atom stereocenters. The van der Waals surface area contributed by atoms with Crippen molar-refractivity contribution in [1.29, 1.82) is 0 Å². The Morgan fingerprint density at radius 1 is 0.812 bits per heavy atom. The smallest absolute Gasteiger partial charge is 0.345 e. The number of carbonyl (C=O) groups is 4. The Labute approximate surface area is 188 Å². The topological polar surface area (TPSA) is 96.0 Å². The third kappa shape index (κ3) is 8.55. The van der Waals surface area contributed by atoms with Crippen LogP contribution in [0.25, 0.3) is 0 Å². The van der Waals surface area contributed by atoms with Crippen molar-refractivity contribution in [2.75, 3.05) is 0 Å². The normalized spacial score (nSPS) is 12.0. The zero-order chi connectivity index (χ0) is 24.1. The first-order valence-corrected chi connectivity index (χ1v) is 10.1. The van der Waals surface area contributed by atoms with Crippen molar-refractivity contribution >= 4 is 23.9 Å². The molecule has 0 heterocycles. The second-order valence-corrected chi connectivity index (χ2v) is 6.79. The van der Waals surface area contributed by atoms with Gasteiger partial charge in [-0.1, -0.05) is 56.8 Å². The average molecular weight is 440 g/mol. The number of hydrogen-bond donors (Lipinski definition) is 0. The van der Waals surface area contributed by atoms with E-state index in [4.69, 9.17) is 9.47 Å². The minimum atomic E-state index is -0.959. The SMILES string of the molecule is C=CC(=O)OC(=O)C(C)=C(Cc1ccccc1)OC(=O)C(C)=C(CCCC)OC(=O)C=C. The van der Waals surface area contributed by atoms with E-state index in [1.807, 2.05) is 13.0 Å². The number of benzene rings is 1. The fraction of sp³-hybridized carbons (Fsp3) is 0.280. The molecule has 0 N–H and O–H groups in total. The second kappa shape index (κ2) is 13.5. The van der Waals surface area contributed by atoms with Crippen LogP contribution >= 0.6 is 0 Å². The van der Waals surface area contributed by atoms with Crippen molar-refractivity contribution in [1.82, 2.24) is 0 Å². The fourth-order valence-electron chi connectivity index (χ4n) is 2.47. The number of unbranched alkanes of at least 4 members (excludes halogenated alkanes) is 1. The number of hydrogen-bond acceptors (Lipinski definition) is 7. The van der Waals surface area contributed by atoms with E-state index in [0.29, 0.717) is 12.8 Å². The summed E-state index contributed by atoms with van der Waals surface area (Å²) in [5.74, 6) is -3.18. The summed E-state index contributed by atoms with van der Waals surface area (Å²) in [7, 11) is 0. The van der Waals surface area contributed by atoms with Crippen LogP contribution in [0.4, 0.5) is 0 Å². The number of ether oxygens (including phenoxy) is 3. The summed E-state index contributed by atoms with van der Waals surface area (Å²) in [4.78, 5) is 48.3. The number of rotatable bonds is 11. The molecule has 0 saturated heterocycles. The van der Waals surface area contributed by atoms with Gasteiger partial charge < -0.3 is 14.2 Å². The van der Waals surface area contributed by atoms with Crippen LogP contribution in [0, 0.1) is 0 Å². The molecule has 0 aliphatic carbocycles. The molecule has 170 valence electrons. The van der Waals surface area contributed by atoms with E-state index < -0.39 is 23.9 Å². The summed E-state index contributed by atoms with van der Waals surface area (Å²) in [6.07, 6.45) is 3.81. The molecule has 0 spiro atoms. The van der Waals surface area contributed by atoms with Gasteiger partial charge in [-0.05, 0) is 25.8 Å². The van der Waals surface area contributed by atoms with E-state index in [2.05, 4.69) is 17.9 Å². The third-order valence-corrected chi connectivity index (χ3v) is 4.38. The molecule has 0 saturated carbocycles. The molecule has 0 fully saturated rings. The molecule has 7 nitrogen and oxygen atoms in total. The Hall–Kier alpha value is -3.74. The van der Waals surface area contributed by atoms with E-state index >= 15 is 0 Å². The van der Waals surface area contributed by atoms with Gasteiger partial charge >= 0.3 is 23.9 Å². The Bertz CT molecular complexity index is 936. The summed E-state index contributed by atoms with van der Waals surface area (Å²) >= 11 is 0. The molecule has 1 rings (SSSR count). The first-order chi connectivity index (χ1) is 15.2. The largest absolute Gasteiger partial charge is 0.427 e. The highest BCUT2D eigenvalue weighted by atomic mass is 16.6. The highest BCUT2D eigenvalue weighted by Gasteiger charge is 2.22. The molecule has 1 aromatic carbocycles. The van der Waals surface area contributed by atoms with Gasteiger partial charge in [0.1, 0.15) is 11.5 Å². The molecule has 0 amide bonds. The quantitative estimate of drug-likeness (QED) is 0.164. The van der Waals surface area contributed by atoms with Crippen molar-refractivity contribution in [3.63, 3.8) is 0 Å². The van der Waals surface area contributed by atoms with Crippen LogP contribution in [0.1, 0.15) is 45.6 Å². The van der Waals surface area contributed by atoms with Gasteiger partial charge in [0.15, 0.2) is 0 Å². The molecule has 1 aromatic rings. The molecule has 0 radical (unpaired) electrons. The van der Waals surface area contributed by atoms with Crippen LogP contribution in [-0.2, 0) is 39.8 Å². The lowest BCUT2D eigenvalue weighted by atomic mass is 10.1. The Morgan fingerprint density at radius 2 is 1.34 bits per heavy atom. The van der Waals surface area contributed by atoms with Crippen LogP contribution in [0.2, 0.25) is 0 Å². The van der Waals surface area contributed by atoms with E-state index in [1.165, 1.54) is 13.8 Å². The summed E-state index contributed by atoms with van der Waals surface area (Å²) in [6, 6.07) is 9.01. The molecule has 7 heteroatoms. The number of carbonyl (C=O) groups excluding carboxylic acids is 4. The summed E-state index contributed by atoms with van der Waals surface area (Å²) in [6.45, 7) is 11.4. The predicted octanol–water partition coefficient (Wildman–Crippen LogP) is 4.50. The zero-order valence-electron chi connectivity index (χ0n) is 18.6. The second-order valence-electron chi connectivity index (χ2n) is 6.79. The van der Waals surface area contributed by atoms with Gasteiger partial charge in [-0.25, -0.2) is 19.2 Å². The highest BCUT2D eigenvalue weighted by molar-refractivity contribution is 5.99. The van der Waals surface area contributed by atoms with Crippen molar-refractivity contribution < 1.29 is 33.4 Å². The molecular formula is C25H28O7. The Kier molecular flexibility index (Phi) is 11.1. The van der Waals surface area contributed by atoms with Crippen LogP contribution in [-0.4, -0.2) is 23.9 Å². The van der Waals surface area contributed by atoms with Crippen molar-refractivity contribution in [2.24, 2.45) is 0 Å². The lowest BCUT2D eigenvalue weighted by Crippen LogP contribution is -2.17. The van der Waals surface area contributed by atoms with Crippen molar-refractivity contribution in [3.8, 4) is 0 Å². The fourth-order valence-corrected chi connectivity index (χ4v) is 2.47. The minimum absolute atomic E-state index is 0.00676. The average Bonchev–Trinajstić information content (AvgIpc) is 2.80. The standard InChI is InChI=1S/C25H28O7/c1-6-9-15-20(30-22(26)7-2)17(4)24(28)31-21(16-19-13-11-10-12-14-19)18(5)25(29)32-23(27)8-3/h7-8,10-14H,2-3,6,9,15-16H2,1,4-5H3. The third-order valence-electron chi connectivity index (χ3n) is 4.38. The first kappa shape index (κ1) is 26.3. The Morgan fingerprint density at radius 3 is 1.91 bits per heavy atom. The summed E-state index contributed by atoms with van der Waals surface area (Å²) < 4.78 is 15.4. The number of esters is 4. The van der Waals surface area contributed by atoms with E-state index in [1.54, 1.807) is 24.3 Å². The van der Waals surface area contributed by atoms with Gasteiger partial charge in [0.05, 0.1) is 11.1 Å². The van der Waals surface area contributed by atoms with Crippen LogP contribution in [0.3, 0.4) is 0 Å². The van der Waals surface area contributed by atoms with E-state index in [9.17, 15) is 19.2 Å². The van der Waals surface area contributed by atoms with Crippen molar-refractivity contribution in [2.45, 2.75) is 46.5 Å². The van der Waals surface area contributed by atoms with Gasteiger partial charge in [0.2, 0.25) is 0 Å².